The number of pyridine rings is 1. The molecule has 1 amide bonds. The number of aromatic nitrogens is 3. The molecule has 124 valence electrons. The largest absolute Gasteiger partial charge is 0.465 e. The summed E-state index contributed by atoms with van der Waals surface area (Å²) in [6, 6.07) is 5.92. The van der Waals surface area contributed by atoms with Gasteiger partial charge in [0.05, 0.1) is 16.8 Å². The fraction of sp³-hybridized carbons (Fsp3) is 0.375. The van der Waals surface area contributed by atoms with Crippen LogP contribution in [0.5, 0.6) is 0 Å². The molecule has 1 fully saturated rings. The van der Waals surface area contributed by atoms with Gasteiger partial charge in [-0.3, -0.25) is 4.57 Å². The lowest BCUT2D eigenvalue weighted by Gasteiger charge is -2.06. The van der Waals surface area contributed by atoms with Gasteiger partial charge in [-0.15, -0.1) is 0 Å². The summed E-state index contributed by atoms with van der Waals surface area (Å²) in [5.41, 5.74) is 0.166. The second-order valence-electron chi connectivity index (χ2n) is 5.86. The predicted octanol–water partition coefficient (Wildman–Crippen LogP) is 2.75. The van der Waals surface area contributed by atoms with Crippen LogP contribution in [0.3, 0.4) is 0 Å². The van der Waals surface area contributed by atoms with Crippen LogP contribution in [0.15, 0.2) is 30.9 Å². The zero-order valence-electron chi connectivity index (χ0n) is 12.8. The highest BCUT2D eigenvalue weighted by Gasteiger charge is 2.57. The monoisotopic (exact) mass is 345 g/mol. The summed E-state index contributed by atoms with van der Waals surface area (Å²) >= 11 is 5.84. The predicted molar refractivity (Wildman–Crippen MR) is 87.0 cm³/mol. The Kier molecular flexibility index (Phi) is 4.40. The number of carbonyl (C=O) groups is 1. The Hall–Kier alpha value is -2.59. The molecule has 0 spiro atoms. The zero-order chi connectivity index (χ0) is 17.2. The zero-order valence-corrected chi connectivity index (χ0v) is 13.6. The Morgan fingerprint density at radius 2 is 2.38 bits per heavy atom. The van der Waals surface area contributed by atoms with Crippen molar-refractivity contribution in [3.05, 3.63) is 41.6 Å². The van der Waals surface area contributed by atoms with Crippen LogP contribution >= 0.6 is 11.6 Å². The van der Waals surface area contributed by atoms with Crippen molar-refractivity contribution in [3.63, 3.8) is 0 Å². The summed E-state index contributed by atoms with van der Waals surface area (Å²) in [5.74, 6) is 0.897. The number of amides is 1. The quantitative estimate of drug-likeness (QED) is 0.783. The second kappa shape index (κ2) is 6.49. The topological polar surface area (TPSA) is 104 Å². The number of nitriles is 1. The first kappa shape index (κ1) is 16.3. The Morgan fingerprint density at radius 3 is 3.04 bits per heavy atom. The Bertz CT molecular complexity index is 783. The average Bonchev–Trinajstić information content (AvgIpc) is 3.06. The van der Waals surface area contributed by atoms with Crippen LogP contribution in [0.4, 0.5) is 4.79 Å². The number of nitrogens with zero attached hydrogens (tertiary/aromatic N) is 4. The molecular formula is C16H16ClN5O2. The van der Waals surface area contributed by atoms with Gasteiger partial charge in [0, 0.05) is 18.9 Å². The summed E-state index contributed by atoms with van der Waals surface area (Å²) in [4.78, 5) is 19.0. The van der Waals surface area contributed by atoms with Crippen LogP contribution in [0.25, 0.3) is 5.82 Å². The fourth-order valence-corrected chi connectivity index (χ4v) is 3.04. The molecule has 1 saturated carbocycles. The van der Waals surface area contributed by atoms with Crippen molar-refractivity contribution < 1.29 is 9.90 Å². The lowest BCUT2D eigenvalue weighted by molar-refractivity contribution is 0.194. The van der Waals surface area contributed by atoms with E-state index in [1.54, 1.807) is 29.2 Å². The first-order valence-corrected chi connectivity index (χ1v) is 7.97. The summed E-state index contributed by atoms with van der Waals surface area (Å²) in [6.45, 7) is 0.399. The van der Waals surface area contributed by atoms with E-state index in [0.29, 0.717) is 23.8 Å². The molecule has 0 saturated heterocycles. The van der Waals surface area contributed by atoms with Crippen molar-refractivity contribution in [1.82, 2.24) is 19.9 Å². The van der Waals surface area contributed by atoms with Crippen LogP contribution in [0.2, 0.25) is 5.02 Å². The molecule has 3 rings (SSSR count). The SMILES string of the molecule is N#CC1(c2cn(-c3ccc(Cl)cn3)cn2)CC1CCCNC(=O)O. The van der Waals surface area contributed by atoms with Crippen molar-refractivity contribution in [3.8, 4) is 11.9 Å². The Labute approximate surface area is 143 Å². The molecule has 2 heterocycles. The van der Waals surface area contributed by atoms with Gasteiger partial charge >= 0.3 is 6.09 Å². The maximum Gasteiger partial charge on any atom is 0.404 e. The van der Waals surface area contributed by atoms with Gasteiger partial charge in [-0.25, -0.2) is 14.8 Å². The van der Waals surface area contributed by atoms with Gasteiger partial charge in [-0.1, -0.05) is 11.6 Å². The number of halogens is 1. The van der Waals surface area contributed by atoms with Crippen molar-refractivity contribution in [1.29, 1.82) is 5.26 Å². The van der Waals surface area contributed by atoms with E-state index < -0.39 is 11.5 Å². The van der Waals surface area contributed by atoms with Gasteiger partial charge in [0.25, 0.3) is 0 Å². The third kappa shape index (κ3) is 3.19. The first-order valence-electron chi connectivity index (χ1n) is 7.59. The molecule has 0 bridgehead atoms. The summed E-state index contributed by atoms with van der Waals surface area (Å²) in [7, 11) is 0. The fourth-order valence-electron chi connectivity index (χ4n) is 2.93. The van der Waals surface area contributed by atoms with Crippen molar-refractivity contribution >= 4 is 17.7 Å². The van der Waals surface area contributed by atoms with E-state index >= 15 is 0 Å². The van der Waals surface area contributed by atoms with Crippen molar-refractivity contribution in [2.24, 2.45) is 5.92 Å². The van der Waals surface area contributed by atoms with E-state index in [4.69, 9.17) is 16.7 Å². The van der Waals surface area contributed by atoms with Crippen LogP contribution in [-0.2, 0) is 5.41 Å². The second-order valence-corrected chi connectivity index (χ2v) is 6.30. The maximum absolute atomic E-state index is 10.4. The summed E-state index contributed by atoms with van der Waals surface area (Å²) < 4.78 is 1.77. The third-order valence-corrected chi connectivity index (χ3v) is 4.55. The van der Waals surface area contributed by atoms with Crippen LogP contribution in [0.1, 0.15) is 25.0 Å². The smallest absolute Gasteiger partial charge is 0.404 e. The number of carboxylic acid groups (broad SMARTS) is 1. The molecule has 0 aliphatic heterocycles. The molecule has 2 N–H and O–H groups in total. The minimum absolute atomic E-state index is 0.208. The van der Waals surface area contributed by atoms with E-state index in [0.717, 1.165) is 18.5 Å². The van der Waals surface area contributed by atoms with Gasteiger partial charge in [0.2, 0.25) is 0 Å². The van der Waals surface area contributed by atoms with Crippen LogP contribution in [-0.4, -0.2) is 32.3 Å². The van der Waals surface area contributed by atoms with Crippen molar-refractivity contribution in [2.75, 3.05) is 6.54 Å². The summed E-state index contributed by atoms with van der Waals surface area (Å²) in [5, 5.41) is 21.1. The van der Waals surface area contributed by atoms with Gasteiger partial charge in [-0.05, 0) is 37.3 Å². The molecular weight excluding hydrogens is 330 g/mol. The molecule has 7 nitrogen and oxygen atoms in total. The van der Waals surface area contributed by atoms with Crippen LogP contribution in [0, 0.1) is 17.2 Å². The number of hydrogen-bond donors (Lipinski definition) is 2. The summed E-state index contributed by atoms with van der Waals surface area (Å²) in [6.07, 6.45) is 6.26. The highest BCUT2D eigenvalue weighted by molar-refractivity contribution is 6.30. The molecule has 8 heteroatoms. The molecule has 2 atom stereocenters. The van der Waals surface area contributed by atoms with Crippen molar-refractivity contribution in [2.45, 2.75) is 24.7 Å². The third-order valence-electron chi connectivity index (χ3n) is 4.33. The molecule has 0 aromatic carbocycles. The lowest BCUT2D eigenvalue weighted by Crippen LogP contribution is -2.22. The Balaban J connectivity index is 1.66. The molecule has 0 radical (unpaired) electrons. The van der Waals surface area contributed by atoms with Crippen LogP contribution < -0.4 is 5.32 Å². The molecule has 2 aromatic heterocycles. The van der Waals surface area contributed by atoms with Gasteiger partial charge in [0.1, 0.15) is 17.6 Å². The van der Waals surface area contributed by atoms with Gasteiger partial charge in [0.15, 0.2) is 0 Å². The van der Waals surface area contributed by atoms with E-state index in [1.807, 2.05) is 6.20 Å². The average molecular weight is 346 g/mol. The molecule has 24 heavy (non-hydrogen) atoms. The Morgan fingerprint density at radius 1 is 1.54 bits per heavy atom. The van der Waals surface area contributed by atoms with Gasteiger partial charge < -0.3 is 10.4 Å². The molecule has 2 unspecified atom stereocenters. The molecule has 1 aliphatic carbocycles. The maximum atomic E-state index is 10.4. The van der Waals surface area contributed by atoms with E-state index in [-0.39, 0.29) is 5.92 Å². The standard InChI is InChI=1S/C16H16ClN5O2/c17-12-3-4-14(20-7-12)22-8-13(21-10-22)16(9-18)6-11(16)2-1-5-19-15(23)24/h3-4,7-8,10-11,19H,1-2,5-6H2,(H,23,24). The number of hydrogen-bond acceptors (Lipinski definition) is 4. The number of imidazole rings is 1. The van der Waals surface area contributed by atoms with E-state index in [2.05, 4.69) is 21.4 Å². The molecule has 1 aliphatic rings. The first-order chi connectivity index (χ1) is 11.5. The van der Waals surface area contributed by atoms with E-state index in [1.165, 1.54) is 0 Å². The minimum atomic E-state index is -1.02. The highest BCUT2D eigenvalue weighted by atomic mass is 35.5. The van der Waals surface area contributed by atoms with E-state index in [9.17, 15) is 10.1 Å². The number of nitrogens with one attached hydrogen (secondary N) is 1. The number of rotatable bonds is 6. The normalized spacial score (nSPS) is 21.9. The lowest BCUT2D eigenvalue weighted by atomic mass is 9.99. The minimum Gasteiger partial charge on any atom is -0.465 e. The molecule has 2 aromatic rings. The highest BCUT2D eigenvalue weighted by Crippen LogP contribution is 2.55. The van der Waals surface area contributed by atoms with Gasteiger partial charge in [-0.2, -0.15) is 5.26 Å².